The van der Waals surface area contributed by atoms with Crippen LogP contribution in [-0.2, 0) is 0 Å². The van der Waals surface area contributed by atoms with Gasteiger partial charge in [0.05, 0.1) is 0 Å². The first kappa shape index (κ1) is 7.79. The van der Waals surface area contributed by atoms with Gasteiger partial charge in [-0.1, -0.05) is 18.2 Å². The van der Waals surface area contributed by atoms with Gasteiger partial charge < -0.3 is 5.11 Å². The van der Waals surface area contributed by atoms with Gasteiger partial charge in [-0.15, -0.1) is 0 Å². The SMILES string of the molecule is CC1=C/C=C/C=C(O)/C(F)=C\1. The predicted molar refractivity (Wildman–Crippen MR) is 42.8 cm³/mol. The highest BCUT2D eigenvalue weighted by Crippen LogP contribution is 2.13. The van der Waals surface area contributed by atoms with Crippen molar-refractivity contribution in [1.29, 1.82) is 0 Å². The van der Waals surface area contributed by atoms with Gasteiger partial charge in [-0.05, 0) is 24.6 Å². The van der Waals surface area contributed by atoms with Gasteiger partial charge in [-0.25, -0.2) is 4.39 Å². The smallest absolute Gasteiger partial charge is 0.165 e. The average Bonchev–Trinajstić information content (AvgIpc) is 1.95. The molecule has 0 aliphatic heterocycles. The predicted octanol–water partition coefficient (Wildman–Crippen LogP) is 2.80. The molecule has 0 amide bonds. The maximum absolute atomic E-state index is 12.7. The van der Waals surface area contributed by atoms with Gasteiger partial charge in [-0.3, -0.25) is 0 Å². The molecule has 0 radical (unpaired) electrons. The Morgan fingerprint density at radius 2 is 1.91 bits per heavy atom. The Morgan fingerprint density at radius 1 is 1.27 bits per heavy atom. The van der Waals surface area contributed by atoms with E-state index in [0.29, 0.717) is 0 Å². The maximum Gasteiger partial charge on any atom is 0.165 e. The summed E-state index contributed by atoms with van der Waals surface area (Å²) in [5.41, 5.74) is 0.776. The number of aliphatic hydroxyl groups is 1. The Balaban J connectivity index is 3.00. The van der Waals surface area contributed by atoms with Crippen LogP contribution < -0.4 is 0 Å². The molecule has 0 bridgehead atoms. The standard InChI is InChI=1S/C9H9FO/c1-7-4-2-3-5-9(11)8(10)6-7/h2-6,11H,1H3/b3-2+,4-2?,5-3?,7-4-,7-6?,8-6+,9-5-,9-8?. The third-order valence-electron chi connectivity index (χ3n) is 1.32. The minimum absolute atomic E-state index is 0.325. The topological polar surface area (TPSA) is 20.2 Å². The van der Waals surface area contributed by atoms with E-state index in [0.717, 1.165) is 5.57 Å². The van der Waals surface area contributed by atoms with Crippen molar-refractivity contribution in [2.45, 2.75) is 6.92 Å². The van der Waals surface area contributed by atoms with E-state index >= 15 is 0 Å². The molecular weight excluding hydrogens is 143 g/mol. The third kappa shape index (κ3) is 2.08. The van der Waals surface area contributed by atoms with Gasteiger partial charge in [0, 0.05) is 0 Å². The molecule has 0 saturated carbocycles. The Labute approximate surface area is 64.9 Å². The molecule has 2 heteroatoms. The van der Waals surface area contributed by atoms with Gasteiger partial charge >= 0.3 is 0 Å². The lowest BCUT2D eigenvalue weighted by Gasteiger charge is -1.97. The lowest BCUT2D eigenvalue weighted by Crippen LogP contribution is -1.83. The van der Waals surface area contributed by atoms with E-state index in [9.17, 15) is 4.39 Å². The lowest BCUT2D eigenvalue weighted by molar-refractivity contribution is 0.389. The highest BCUT2D eigenvalue weighted by Gasteiger charge is 2.00. The molecule has 0 saturated heterocycles. The molecule has 1 rings (SSSR count). The third-order valence-corrected chi connectivity index (χ3v) is 1.32. The molecule has 0 aromatic carbocycles. The summed E-state index contributed by atoms with van der Waals surface area (Å²) in [4.78, 5) is 0. The summed E-state index contributed by atoms with van der Waals surface area (Å²) in [6, 6.07) is 0. The van der Waals surface area contributed by atoms with Crippen molar-refractivity contribution in [2.24, 2.45) is 0 Å². The molecule has 1 N–H and O–H groups in total. The number of hydrogen-bond acceptors (Lipinski definition) is 1. The second-order valence-corrected chi connectivity index (χ2v) is 2.34. The van der Waals surface area contributed by atoms with Crippen molar-refractivity contribution in [1.82, 2.24) is 0 Å². The lowest BCUT2D eigenvalue weighted by atomic mass is 10.2. The van der Waals surface area contributed by atoms with Gasteiger partial charge in [0.15, 0.2) is 11.6 Å². The summed E-state index contributed by atoms with van der Waals surface area (Å²) >= 11 is 0. The van der Waals surface area contributed by atoms with Crippen molar-refractivity contribution in [3.05, 3.63) is 47.5 Å². The number of rotatable bonds is 0. The average molecular weight is 152 g/mol. The fraction of sp³-hybridized carbons (Fsp3) is 0.111. The number of allylic oxidation sites excluding steroid dienone is 7. The van der Waals surface area contributed by atoms with Gasteiger partial charge in [0.2, 0.25) is 0 Å². The monoisotopic (exact) mass is 152 g/mol. The molecule has 11 heavy (non-hydrogen) atoms. The summed E-state index contributed by atoms with van der Waals surface area (Å²) in [6.45, 7) is 1.77. The summed E-state index contributed by atoms with van der Waals surface area (Å²) in [6.07, 6.45) is 7.70. The van der Waals surface area contributed by atoms with E-state index in [4.69, 9.17) is 5.11 Å². The number of aliphatic hydroxyl groups excluding tert-OH is 1. The summed E-state index contributed by atoms with van der Waals surface area (Å²) in [5.74, 6) is -0.920. The van der Waals surface area contributed by atoms with Crippen molar-refractivity contribution < 1.29 is 9.50 Å². The van der Waals surface area contributed by atoms with Gasteiger partial charge in [-0.2, -0.15) is 0 Å². The number of hydrogen-bond donors (Lipinski definition) is 1. The van der Waals surface area contributed by atoms with Crippen LogP contribution in [0.3, 0.4) is 0 Å². The van der Waals surface area contributed by atoms with Crippen molar-refractivity contribution >= 4 is 0 Å². The van der Waals surface area contributed by atoms with E-state index in [1.807, 2.05) is 0 Å². The van der Waals surface area contributed by atoms with E-state index in [2.05, 4.69) is 0 Å². The van der Waals surface area contributed by atoms with E-state index in [-0.39, 0.29) is 5.76 Å². The molecule has 0 heterocycles. The van der Waals surface area contributed by atoms with Crippen molar-refractivity contribution in [3.63, 3.8) is 0 Å². The molecule has 0 atom stereocenters. The molecule has 1 aliphatic rings. The van der Waals surface area contributed by atoms with Crippen LogP contribution in [0.25, 0.3) is 0 Å². The van der Waals surface area contributed by atoms with E-state index < -0.39 is 5.83 Å². The van der Waals surface area contributed by atoms with Crippen LogP contribution in [0.5, 0.6) is 0 Å². The van der Waals surface area contributed by atoms with Crippen LogP contribution in [0.1, 0.15) is 6.92 Å². The molecule has 58 valence electrons. The summed E-state index contributed by atoms with van der Waals surface area (Å²) in [7, 11) is 0. The summed E-state index contributed by atoms with van der Waals surface area (Å²) in [5, 5.41) is 8.94. The first-order valence-corrected chi connectivity index (χ1v) is 3.32. The van der Waals surface area contributed by atoms with E-state index in [1.165, 1.54) is 12.2 Å². The largest absolute Gasteiger partial charge is 0.505 e. The molecule has 0 aromatic rings. The first-order chi connectivity index (χ1) is 5.20. The Kier molecular flexibility index (Phi) is 2.26. The number of halogens is 1. The van der Waals surface area contributed by atoms with Crippen LogP contribution in [0, 0.1) is 0 Å². The molecule has 0 aromatic heterocycles. The summed E-state index contributed by atoms with van der Waals surface area (Å²) < 4.78 is 12.7. The van der Waals surface area contributed by atoms with Crippen LogP contribution in [-0.4, -0.2) is 5.11 Å². The highest BCUT2D eigenvalue weighted by atomic mass is 19.1. The molecule has 0 unspecified atom stereocenters. The quantitative estimate of drug-likeness (QED) is 0.565. The molecule has 0 fully saturated rings. The first-order valence-electron chi connectivity index (χ1n) is 3.32. The fourth-order valence-corrected chi connectivity index (χ4v) is 0.756. The zero-order valence-corrected chi connectivity index (χ0v) is 6.21. The van der Waals surface area contributed by atoms with E-state index in [1.54, 1.807) is 25.2 Å². The van der Waals surface area contributed by atoms with Crippen LogP contribution in [0.2, 0.25) is 0 Å². The van der Waals surface area contributed by atoms with Crippen molar-refractivity contribution in [3.8, 4) is 0 Å². The Hall–Kier alpha value is -1.31. The molecule has 1 aliphatic carbocycles. The maximum atomic E-state index is 12.7. The van der Waals surface area contributed by atoms with Crippen LogP contribution in [0.4, 0.5) is 4.39 Å². The van der Waals surface area contributed by atoms with Crippen molar-refractivity contribution in [2.75, 3.05) is 0 Å². The van der Waals surface area contributed by atoms with Crippen LogP contribution in [0.15, 0.2) is 47.5 Å². The second kappa shape index (κ2) is 3.19. The Morgan fingerprint density at radius 3 is 2.64 bits per heavy atom. The molecular formula is C9H9FO. The van der Waals surface area contributed by atoms with Crippen LogP contribution >= 0.6 is 0 Å². The molecule has 1 nitrogen and oxygen atoms in total. The van der Waals surface area contributed by atoms with Gasteiger partial charge in [0.25, 0.3) is 0 Å². The zero-order chi connectivity index (χ0) is 8.27. The zero-order valence-electron chi connectivity index (χ0n) is 6.21. The van der Waals surface area contributed by atoms with Gasteiger partial charge in [0.1, 0.15) is 0 Å². The highest BCUT2D eigenvalue weighted by molar-refractivity contribution is 5.35. The fourth-order valence-electron chi connectivity index (χ4n) is 0.756. The minimum Gasteiger partial charge on any atom is -0.505 e. The minimum atomic E-state index is -0.594. The normalized spacial score (nSPS) is 34.9. The second-order valence-electron chi connectivity index (χ2n) is 2.34. The Bertz CT molecular complexity index is 269. The molecule has 0 spiro atoms.